The Morgan fingerprint density at radius 2 is 1.42 bits per heavy atom. The molecule has 0 aliphatic carbocycles. The molecule has 2 rings (SSSR count). The zero-order chi connectivity index (χ0) is 19.9. The van der Waals surface area contributed by atoms with E-state index in [0.717, 1.165) is 0 Å². The zero-order valence-electron chi connectivity index (χ0n) is 12.2. The van der Waals surface area contributed by atoms with Gasteiger partial charge in [-0.15, -0.1) is 0 Å². The number of hydrogen-bond donors (Lipinski definition) is 0. The van der Waals surface area contributed by atoms with Gasteiger partial charge in [-0.3, -0.25) is 9.59 Å². The number of carbonyl (C=O) groups excluding carboxylic acids is 3. The number of hydroxylamine groups is 2. The summed E-state index contributed by atoms with van der Waals surface area (Å²) in [6.07, 6.45) is -6.55. The van der Waals surface area contributed by atoms with E-state index in [1.165, 1.54) is 24.3 Å². The summed E-state index contributed by atoms with van der Waals surface area (Å²) >= 11 is -1.34. The predicted molar refractivity (Wildman–Crippen MR) is 71.4 cm³/mol. The first-order valence-electron chi connectivity index (χ1n) is 6.44. The molecular weight excluding hydrogens is 399 g/mol. The summed E-state index contributed by atoms with van der Waals surface area (Å²) in [5.41, 5.74) is -0.321. The van der Waals surface area contributed by atoms with Gasteiger partial charge in [0.2, 0.25) is 0 Å². The van der Waals surface area contributed by atoms with E-state index in [-0.39, 0.29) is 16.2 Å². The molecule has 0 spiro atoms. The summed E-state index contributed by atoms with van der Waals surface area (Å²) in [6.45, 7) is 0. The third-order valence-electron chi connectivity index (χ3n) is 3.04. The Bertz CT molecular complexity index is 730. The molecule has 0 bridgehead atoms. The first kappa shape index (κ1) is 20.0. The van der Waals surface area contributed by atoms with Gasteiger partial charge in [0.05, 0.1) is 16.9 Å². The summed E-state index contributed by atoms with van der Waals surface area (Å²) in [7, 11) is 0. The number of nitrogens with zero attached hydrogens (tertiary/aromatic N) is 1. The van der Waals surface area contributed by atoms with Gasteiger partial charge in [-0.1, -0.05) is 29.0 Å². The van der Waals surface area contributed by atoms with Crippen molar-refractivity contribution < 1.29 is 50.0 Å². The number of thioether (sulfide) groups is 1. The van der Waals surface area contributed by atoms with Crippen LogP contribution in [0.4, 0.5) is 30.7 Å². The van der Waals surface area contributed by atoms with E-state index >= 15 is 0 Å². The normalized spacial score (nSPS) is 15.3. The average molecular weight is 405 g/mol. The molecule has 0 N–H and O–H groups in total. The topological polar surface area (TPSA) is 63.7 Å². The van der Waals surface area contributed by atoms with Gasteiger partial charge in [0.25, 0.3) is 11.8 Å². The Kier molecular flexibility index (Phi) is 4.96. The number of fused-ring (bicyclic) bond motifs is 1. The molecule has 13 heteroatoms. The largest absolute Gasteiger partial charge is 0.460 e. The van der Waals surface area contributed by atoms with Crippen molar-refractivity contribution >= 4 is 29.5 Å². The minimum Gasteiger partial charge on any atom is -0.329 e. The number of benzene rings is 1. The second-order valence-electron chi connectivity index (χ2n) is 4.79. The van der Waals surface area contributed by atoms with Gasteiger partial charge < -0.3 is 4.84 Å². The van der Waals surface area contributed by atoms with Crippen LogP contribution in [0.15, 0.2) is 24.3 Å². The molecule has 1 aromatic carbocycles. The fraction of sp³-hybridized carbons (Fsp3) is 0.308. The van der Waals surface area contributed by atoms with Crippen LogP contribution >= 0.6 is 11.8 Å². The number of rotatable bonds is 5. The van der Waals surface area contributed by atoms with Crippen LogP contribution in [-0.2, 0) is 9.63 Å². The Balaban J connectivity index is 2.02. The van der Waals surface area contributed by atoms with Gasteiger partial charge in [0, 0.05) is 0 Å². The SMILES string of the molecule is O=C(CSC(F)(F)C(F)(F)C(F)(F)F)ON1C(=O)c2ccccc2C1=O. The third-order valence-corrected chi connectivity index (χ3v) is 4.04. The Morgan fingerprint density at radius 1 is 0.962 bits per heavy atom. The minimum atomic E-state index is -6.55. The molecule has 5 nitrogen and oxygen atoms in total. The van der Waals surface area contributed by atoms with Crippen LogP contribution in [0.5, 0.6) is 0 Å². The first-order chi connectivity index (χ1) is 11.8. The highest BCUT2D eigenvalue weighted by atomic mass is 32.2. The predicted octanol–water partition coefficient (Wildman–Crippen LogP) is 3.26. The van der Waals surface area contributed by atoms with Gasteiger partial charge in [-0.2, -0.15) is 30.7 Å². The Morgan fingerprint density at radius 3 is 1.85 bits per heavy atom. The maximum absolute atomic E-state index is 13.1. The molecule has 1 heterocycles. The molecule has 142 valence electrons. The summed E-state index contributed by atoms with van der Waals surface area (Å²) in [4.78, 5) is 39.3. The van der Waals surface area contributed by atoms with Crippen molar-refractivity contribution in [1.29, 1.82) is 0 Å². The lowest BCUT2D eigenvalue weighted by atomic mass is 10.1. The van der Waals surface area contributed by atoms with Crippen LogP contribution < -0.4 is 0 Å². The Hall–Kier alpha value is -2.31. The number of halogens is 7. The lowest BCUT2D eigenvalue weighted by Gasteiger charge is -2.27. The molecule has 1 aromatic rings. The lowest BCUT2D eigenvalue weighted by Crippen LogP contribution is -2.50. The molecule has 0 radical (unpaired) electrons. The first-order valence-corrected chi connectivity index (χ1v) is 7.43. The van der Waals surface area contributed by atoms with E-state index in [0.29, 0.717) is 0 Å². The molecule has 0 saturated heterocycles. The maximum Gasteiger partial charge on any atom is 0.460 e. The quantitative estimate of drug-likeness (QED) is 0.556. The van der Waals surface area contributed by atoms with E-state index < -0.39 is 52.7 Å². The Labute approximate surface area is 144 Å². The van der Waals surface area contributed by atoms with Crippen LogP contribution in [0.25, 0.3) is 0 Å². The van der Waals surface area contributed by atoms with Crippen molar-refractivity contribution in [3.63, 3.8) is 0 Å². The molecule has 0 saturated carbocycles. The number of carbonyl (C=O) groups is 3. The highest BCUT2D eigenvalue weighted by Gasteiger charge is 2.73. The van der Waals surface area contributed by atoms with Gasteiger partial charge >= 0.3 is 23.3 Å². The summed E-state index contributed by atoms with van der Waals surface area (Å²) in [5.74, 6) is -12.1. The molecule has 1 aliphatic rings. The molecule has 0 atom stereocenters. The highest BCUT2D eigenvalue weighted by Crippen LogP contribution is 2.51. The van der Waals surface area contributed by atoms with Crippen molar-refractivity contribution in [2.24, 2.45) is 0 Å². The summed E-state index contributed by atoms with van der Waals surface area (Å²) in [6, 6.07) is 5.17. The highest BCUT2D eigenvalue weighted by molar-refractivity contribution is 8.01. The van der Waals surface area contributed by atoms with E-state index in [1.54, 1.807) is 0 Å². The van der Waals surface area contributed by atoms with Crippen molar-refractivity contribution in [3.8, 4) is 0 Å². The number of amides is 2. The van der Waals surface area contributed by atoms with Crippen molar-refractivity contribution in [2.45, 2.75) is 17.4 Å². The second-order valence-corrected chi connectivity index (χ2v) is 5.88. The van der Waals surface area contributed by atoms with Crippen LogP contribution in [0.3, 0.4) is 0 Å². The summed E-state index contributed by atoms with van der Waals surface area (Å²) in [5, 5.41) is -5.76. The third kappa shape index (κ3) is 3.34. The van der Waals surface area contributed by atoms with Crippen molar-refractivity contribution in [2.75, 3.05) is 5.75 Å². The standard InChI is InChI=1S/C13H6F7NO4S/c14-11(15,12(16,17)18)13(19,20)26-5-8(22)25-21-9(23)6-3-1-2-4-7(6)10(21)24/h1-4H,5H2. The minimum absolute atomic E-state index is 0.0897. The maximum atomic E-state index is 13.1. The molecule has 2 amide bonds. The van der Waals surface area contributed by atoms with E-state index in [4.69, 9.17) is 0 Å². The smallest absolute Gasteiger partial charge is 0.329 e. The van der Waals surface area contributed by atoms with E-state index in [1.807, 2.05) is 0 Å². The molecular formula is C13H6F7NO4S. The lowest BCUT2D eigenvalue weighted by molar-refractivity contribution is -0.330. The van der Waals surface area contributed by atoms with Crippen LogP contribution in [0.2, 0.25) is 0 Å². The van der Waals surface area contributed by atoms with Crippen LogP contribution in [0.1, 0.15) is 20.7 Å². The fourth-order valence-corrected chi connectivity index (χ4v) is 2.43. The van der Waals surface area contributed by atoms with Gasteiger partial charge in [-0.25, -0.2) is 4.79 Å². The molecule has 26 heavy (non-hydrogen) atoms. The van der Waals surface area contributed by atoms with Crippen molar-refractivity contribution in [3.05, 3.63) is 35.4 Å². The molecule has 1 aliphatic heterocycles. The van der Waals surface area contributed by atoms with Gasteiger partial charge in [-0.05, 0) is 12.1 Å². The van der Waals surface area contributed by atoms with Gasteiger partial charge in [0.1, 0.15) is 0 Å². The second kappa shape index (κ2) is 6.45. The van der Waals surface area contributed by atoms with E-state index in [9.17, 15) is 45.1 Å². The van der Waals surface area contributed by atoms with Crippen molar-refractivity contribution in [1.82, 2.24) is 5.06 Å². The number of hydrogen-bond acceptors (Lipinski definition) is 5. The monoisotopic (exact) mass is 405 g/mol. The van der Waals surface area contributed by atoms with Gasteiger partial charge in [0.15, 0.2) is 0 Å². The number of imide groups is 1. The molecule has 0 unspecified atom stereocenters. The molecule has 0 aromatic heterocycles. The van der Waals surface area contributed by atoms with Crippen LogP contribution in [-0.4, -0.2) is 46.0 Å². The molecule has 0 fully saturated rings. The summed E-state index contributed by atoms with van der Waals surface area (Å²) < 4.78 is 87.5. The number of alkyl halides is 7. The fourth-order valence-electron chi connectivity index (χ4n) is 1.78. The average Bonchev–Trinajstić information content (AvgIpc) is 2.77. The van der Waals surface area contributed by atoms with E-state index in [2.05, 4.69) is 4.84 Å². The van der Waals surface area contributed by atoms with Crippen LogP contribution in [0, 0.1) is 0 Å². The zero-order valence-corrected chi connectivity index (χ0v) is 13.0.